The van der Waals surface area contributed by atoms with Gasteiger partial charge in [-0.2, -0.15) is 5.26 Å². The van der Waals surface area contributed by atoms with Crippen LogP contribution in [0.2, 0.25) is 0 Å². The van der Waals surface area contributed by atoms with E-state index in [0.29, 0.717) is 9.88 Å². The summed E-state index contributed by atoms with van der Waals surface area (Å²) in [4.78, 5) is 14.5. The minimum Gasteiger partial charge on any atom is -0.465 e. The Labute approximate surface area is 128 Å². The highest BCUT2D eigenvalue weighted by Gasteiger charge is 2.22. The first-order valence-electron chi connectivity index (χ1n) is 7.04. The van der Waals surface area contributed by atoms with E-state index in [4.69, 9.17) is 15.7 Å². The lowest BCUT2D eigenvalue weighted by atomic mass is 10.1. The molecule has 1 fully saturated rings. The van der Waals surface area contributed by atoms with Crippen LogP contribution in [0.25, 0.3) is 0 Å². The molecule has 1 aliphatic rings. The highest BCUT2D eigenvalue weighted by atomic mass is 32.1. The largest absolute Gasteiger partial charge is 0.465 e. The summed E-state index contributed by atoms with van der Waals surface area (Å²) < 4.78 is 4.74. The number of esters is 1. The van der Waals surface area contributed by atoms with Crippen LogP contribution in [0.1, 0.15) is 34.5 Å². The zero-order valence-electron chi connectivity index (χ0n) is 12.1. The number of likely N-dealkylation sites (tertiary alicyclic amines) is 1. The van der Waals surface area contributed by atoms with Crippen LogP contribution in [-0.4, -0.2) is 44.2 Å². The minimum atomic E-state index is -0.509. The van der Waals surface area contributed by atoms with Gasteiger partial charge in [-0.15, -0.1) is 11.3 Å². The van der Waals surface area contributed by atoms with Crippen LogP contribution in [-0.2, 0) is 4.74 Å². The second-order valence-electron chi connectivity index (χ2n) is 4.98. The van der Waals surface area contributed by atoms with E-state index < -0.39 is 5.97 Å². The number of nitrogens with two attached hydrogens (primary N) is 1. The summed E-state index contributed by atoms with van der Waals surface area (Å²) >= 11 is 1.20. The molecule has 1 saturated heterocycles. The molecular formula is C14H20N4O2S. The van der Waals surface area contributed by atoms with Crippen LogP contribution in [0.3, 0.4) is 0 Å². The average molecular weight is 308 g/mol. The number of nitrogens with zero attached hydrogens (tertiary/aromatic N) is 2. The minimum absolute atomic E-state index is 0.204. The van der Waals surface area contributed by atoms with Gasteiger partial charge in [0, 0.05) is 13.1 Å². The Morgan fingerprint density at radius 1 is 1.48 bits per heavy atom. The van der Waals surface area contributed by atoms with Crippen molar-refractivity contribution in [1.82, 2.24) is 4.90 Å². The molecule has 0 aromatic carbocycles. The van der Waals surface area contributed by atoms with E-state index in [1.165, 1.54) is 37.7 Å². The normalized spacial score (nSPS) is 15.4. The summed E-state index contributed by atoms with van der Waals surface area (Å²) in [6.45, 7) is 3.89. The maximum atomic E-state index is 11.8. The van der Waals surface area contributed by atoms with Crippen LogP contribution in [0.4, 0.5) is 10.7 Å². The fourth-order valence-electron chi connectivity index (χ4n) is 2.47. The Hall–Kier alpha value is -1.78. The number of carbonyl (C=O) groups excluding carboxylic acids is 1. The summed E-state index contributed by atoms with van der Waals surface area (Å²) in [5.74, 6) is -0.509. The van der Waals surface area contributed by atoms with E-state index in [-0.39, 0.29) is 11.3 Å². The molecular weight excluding hydrogens is 288 g/mol. The van der Waals surface area contributed by atoms with E-state index in [1.807, 2.05) is 6.07 Å². The van der Waals surface area contributed by atoms with Gasteiger partial charge in [0.1, 0.15) is 21.5 Å². The molecule has 1 aliphatic heterocycles. The maximum Gasteiger partial charge on any atom is 0.343 e. The number of thiophene rings is 1. The van der Waals surface area contributed by atoms with Crippen LogP contribution in [0.5, 0.6) is 0 Å². The van der Waals surface area contributed by atoms with Gasteiger partial charge in [-0.05, 0) is 25.9 Å². The molecule has 2 rings (SSSR count). The van der Waals surface area contributed by atoms with Gasteiger partial charge >= 0.3 is 5.97 Å². The number of carbonyl (C=O) groups is 1. The SMILES string of the molecule is COC(=O)c1c(NCCN2CCCCC2)sc(C#N)c1N. The Kier molecular flexibility index (Phi) is 5.42. The van der Waals surface area contributed by atoms with Crippen molar-refractivity contribution >= 4 is 28.0 Å². The van der Waals surface area contributed by atoms with Crippen molar-refractivity contribution in [3.63, 3.8) is 0 Å². The Morgan fingerprint density at radius 3 is 2.81 bits per heavy atom. The molecule has 0 radical (unpaired) electrons. The molecule has 0 amide bonds. The first-order valence-corrected chi connectivity index (χ1v) is 7.86. The van der Waals surface area contributed by atoms with Crippen molar-refractivity contribution in [3.8, 4) is 6.07 Å². The smallest absolute Gasteiger partial charge is 0.343 e. The number of hydrogen-bond acceptors (Lipinski definition) is 7. The highest BCUT2D eigenvalue weighted by molar-refractivity contribution is 7.17. The molecule has 0 atom stereocenters. The Bertz CT molecular complexity index is 544. The predicted molar refractivity (Wildman–Crippen MR) is 83.6 cm³/mol. The van der Waals surface area contributed by atoms with Crippen molar-refractivity contribution in [1.29, 1.82) is 5.26 Å². The first-order chi connectivity index (χ1) is 10.2. The number of nitriles is 1. The lowest BCUT2D eigenvalue weighted by Gasteiger charge is -2.26. The van der Waals surface area contributed by atoms with Crippen molar-refractivity contribution in [3.05, 3.63) is 10.4 Å². The van der Waals surface area contributed by atoms with Crippen LogP contribution in [0.15, 0.2) is 0 Å². The lowest BCUT2D eigenvalue weighted by Crippen LogP contribution is -2.33. The number of rotatable bonds is 5. The fraction of sp³-hybridized carbons (Fsp3) is 0.571. The average Bonchev–Trinajstić information content (AvgIpc) is 2.83. The van der Waals surface area contributed by atoms with Crippen molar-refractivity contribution in [2.24, 2.45) is 0 Å². The zero-order valence-corrected chi connectivity index (χ0v) is 13.0. The summed E-state index contributed by atoms with van der Waals surface area (Å²) in [7, 11) is 1.31. The molecule has 0 aliphatic carbocycles. The number of piperidine rings is 1. The van der Waals surface area contributed by atoms with E-state index >= 15 is 0 Å². The molecule has 7 heteroatoms. The third-order valence-electron chi connectivity index (χ3n) is 3.60. The van der Waals surface area contributed by atoms with Gasteiger partial charge in [0.25, 0.3) is 0 Å². The molecule has 0 spiro atoms. The van der Waals surface area contributed by atoms with E-state index in [2.05, 4.69) is 10.2 Å². The molecule has 3 N–H and O–H groups in total. The number of nitrogens with one attached hydrogen (secondary N) is 1. The highest BCUT2D eigenvalue weighted by Crippen LogP contribution is 2.35. The van der Waals surface area contributed by atoms with E-state index in [0.717, 1.165) is 26.2 Å². The zero-order chi connectivity index (χ0) is 15.2. The van der Waals surface area contributed by atoms with E-state index in [1.54, 1.807) is 0 Å². The summed E-state index contributed by atoms with van der Waals surface area (Å²) in [6, 6.07) is 2.01. The third kappa shape index (κ3) is 3.65. The second-order valence-corrected chi connectivity index (χ2v) is 6.00. The van der Waals surface area contributed by atoms with Crippen LogP contribution in [0, 0.1) is 11.3 Å². The lowest BCUT2D eigenvalue weighted by molar-refractivity contribution is 0.0603. The number of ether oxygens (including phenoxy) is 1. The molecule has 0 saturated carbocycles. The van der Waals surface area contributed by atoms with Gasteiger partial charge < -0.3 is 20.7 Å². The molecule has 1 aromatic rings. The monoisotopic (exact) mass is 308 g/mol. The Balaban J connectivity index is 2.01. The number of nitrogen functional groups attached to an aromatic ring is 1. The van der Waals surface area contributed by atoms with Crippen LogP contribution < -0.4 is 11.1 Å². The number of methoxy groups -OCH3 is 1. The van der Waals surface area contributed by atoms with Crippen molar-refractivity contribution in [2.45, 2.75) is 19.3 Å². The van der Waals surface area contributed by atoms with Gasteiger partial charge in [-0.1, -0.05) is 6.42 Å². The van der Waals surface area contributed by atoms with E-state index in [9.17, 15) is 4.79 Å². The van der Waals surface area contributed by atoms with Gasteiger partial charge in [0.05, 0.1) is 12.8 Å². The maximum absolute atomic E-state index is 11.8. The van der Waals surface area contributed by atoms with Gasteiger partial charge in [-0.25, -0.2) is 4.79 Å². The predicted octanol–water partition coefficient (Wildman–Crippen LogP) is 1.89. The summed E-state index contributed by atoms with van der Waals surface area (Å²) in [6.07, 6.45) is 3.80. The molecule has 21 heavy (non-hydrogen) atoms. The summed E-state index contributed by atoms with van der Waals surface area (Å²) in [5.41, 5.74) is 6.32. The molecule has 6 nitrogen and oxygen atoms in total. The topological polar surface area (TPSA) is 91.4 Å². The fourth-order valence-corrected chi connectivity index (χ4v) is 3.40. The number of hydrogen-bond donors (Lipinski definition) is 2. The number of anilines is 2. The standard InChI is InChI=1S/C14H20N4O2S/c1-20-14(19)11-12(16)10(9-15)21-13(11)17-5-8-18-6-3-2-4-7-18/h17H,2-8,16H2,1H3. The van der Waals surface area contributed by atoms with Crippen LogP contribution >= 0.6 is 11.3 Å². The summed E-state index contributed by atoms with van der Waals surface area (Å²) in [5, 5.41) is 12.9. The van der Waals surface area contributed by atoms with Crippen molar-refractivity contribution < 1.29 is 9.53 Å². The molecule has 2 heterocycles. The van der Waals surface area contributed by atoms with Crippen molar-refractivity contribution in [2.75, 3.05) is 44.3 Å². The molecule has 114 valence electrons. The van der Waals surface area contributed by atoms with Gasteiger partial charge in [0.15, 0.2) is 0 Å². The second kappa shape index (κ2) is 7.29. The third-order valence-corrected chi connectivity index (χ3v) is 4.67. The molecule has 0 bridgehead atoms. The quantitative estimate of drug-likeness (QED) is 0.807. The first kappa shape index (κ1) is 15.6. The van der Waals surface area contributed by atoms with Gasteiger partial charge in [0.2, 0.25) is 0 Å². The molecule has 1 aromatic heterocycles. The molecule has 0 unspecified atom stereocenters. The Morgan fingerprint density at radius 2 is 2.19 bits per heavy atom. The van der Waals surface area contributed by atoms with Gasteiger partial charge in [-0.3, -0.25) is 0 Å².